The summed E-state index contributed by atoms with van der Waals surface area (Å²) < 4.78 is 27.6. The Morgan fingerprint density at radius 1 is 1.05 bits per heavy atom. The van der Waals surface area contributed by atoms with Gasteiger partial charge in [0.15, 0.2) is 0 Å². The van der Waals surface area contributed by atoms with Crippen LogP contribution in [-0.4, -0.2) is 13.5 Å². The molecule has 1 aliphatic carbocycles. The van der Waals surface area contributed by atoms with E-state index in [-0.39, 0.29) is 10.6 Å². The molecular formula is C17H17NO3S. The molecule has 0 saturated carbocycles. The van der Waals surface area contributed by atoms with Crippen LogP contribution in [0.5, 0.6) is 5.75 Å². The van der Waals surface area contributed by atoms with Gasteiger partial charge in [0.25, 0.3) is 10.0 Å². The van der Waals surface area contributed by atoms with E-state index in [2.05, 4.69) is 10.8 Å². The first-order valence-electron chi connectivity index (χ1n) is 7.00. The van der Waals surface area contributed by atoms with Crippen LogP contribution < -0.4 is 4.72 Å². The number of aryl methyl sites for hydroxylation is 1. The number of nitrogens with one attached hydrogen (secondary N) is 1. The third kappa shape index (κ3) is 2.48. The molecule has 1 aliphatic rings. The smallest absolute Gasteiger partial charge is 0.261 e. The Kier molecular flexibility index (Phi) is 3.45. The second-order valence-corrected chi connectivity index (χ2v) is 7.16. The molecule has 0 spiro atoms. The fraction of sp³-hybridized carbons (Fsp3) is 0.176. The van der Waals surface area contributed by atoms with Crippen molar-refractivity contribution in [2.45, 2.75) is 25.2 Å². The molecule has 3 rings (SSSR count). The summed E-state index contributed by atoms with van der Waals surface area (Å²) in [5.41, 5.74) is 5.08. The fourth-order valence-electron chi connectivity index (χ4n) is 2.81. The topological polar surface area (TPSA) is 66.4 Å². The molecule has 0 unspecified atom stereocenters. The molecule has 2 aromatic rings. The minimum Gasteiger partial charge on any atom is -0.508 e. The molecule has 114 valence electrons. The van der Waals surface area contributed by atoms with E-state index in [1.54, 1.807) is 6.07 Å². The van der Waals surface area contributed by atoms with Gasteiger partial charge in [0, 0.05) is 0 Å². The molecule has 4 nitrogen and oxygen atoms in total. The molecule has 0 heterocycles. The zero-order chi connectivity index (χ0) is 15.9. The lowest BCUT2D eigenvalue weighted by Gasteiger charge is -2.14. The van der Waals surface area contributed by atoms with Crippen molar-refractivity contribution in [3.8, 4) is 5.75 Å². The van der Waals surface area contributed by atoms with E-state index in [0.29, 0.717) is 5.69 Å². The van der Waals surface area contributed by atoms with Crippen LogP contribution in [0.1, 0.15) is 23.6 Å². The van der Waals surface area contributed by atoms with E-state index >= 15 is 0 Å². The SMILES string of the molecule is CC1=CCc2c(NS(=O)(=O)c3ccc(O)cc3)ccc(C)c21. The number of allylic oxidation sites excluding steroid dienone is 2. The molecule has 0 saturated heterocycles. The second-order valence-electron chi connectivity index (χ2n) is 5.47. The van der Waals surface area contributed by atoms with Crippen molar-refractivity contribution in [3.05, 3.63) is 59.2 Å². The molecule has 2 N–H and O–H groups in total. The summed E-state index contributed by atoms with van der Waals surface area (Å²) in [6, 6.07) is 9.22. The van der Waals surface area contributed by atoms with Gasteiger partial charge in [-0.3, -0.25) is 4.72 Å². The van der Waals surface area contributed by atoms with Crippen LogP contribution in [0.15, 0.2) is 47.4 Å². The number of hydrogen-bond donors (Lipinski definition) is 2. The highest BCUT2D eigenvalue weighted by atomic mass is 32.2. The lowest BCUT2D eigenvalue weighted by Crippen LogP contribution is -2.14. The van der Waals surface area contributed by atoms with Crippen LogP contribution in [0.4, 0.5) is 5.69 Å². The highest BCUT2D eigenvalue weighted by Crippen LogP contribution is 2.35. The van der Waals surface area contributed by atoms with Crippen molar-refractivity contribution in [1.82, 2.24) is 0 Å². The van der Waals surface area contributed by atoms with Crippen molar-refractivity contribution < 1.29 is 13.5 Å². The van der Waals surface area contributed by atoms with Crippen molar-refractivity contribution in [1.29, 1.82) is 0 Å². The number of benzene rings is 2. The highest BCUT2D eigenvalue weighted by Gasteiger charge is 2.21. The Labute approximate surface area is 130 Å². The molecule has 0 amide bonds. The van der Waals surface area contributed by atoms with Gasteiger partial charge in [-0.2, -0.15) is 0 Å². The van der Waals surface area contributed by atoms with Crippen LogP contribution >= 0.6 is 0 Å². The third-order valence-corrected chi connectivity index (χ3v) is 5.30. The highest BCUT2D eigenvalue weighted by molar-refractivity contribution is 7.92. The second kappa shape index (κ2) is 5.18. The predicted octanol–water partition coefficient (Wildman–Crippen LogP) is 3.46. The Hall–Kier alpha value is -2.27. The minimum atomic E-state index is -3.67. The lowest BCUT2D eigenvalue weighted by atomic mass is 9.99. The number of fused-ring (bicyclic) bond motifs is 1. The summed E-state index contributed by atoms with van der Waals surface area (Å²) in [6.45, 7) is 4.07. The molecule has 0 radical (unpaired) electrons. The predicted molar refractivity (Wildman–Crippen MR) is 87.4 cm³/mol. The first-order valence-corrected chi connectivity index (χ1v) is 8.48. The molecule has 2 aromatic carbocycles. The van der Waals surface area contributed by atoms with Gasteiger partial charge in [-0.25, -0.2) is 8.42 Å². The summed E-state index contributed by atoms with van der Waals surface area (Å²) in [4.78, 5) is 0.127. The summed E-state index contributed by atoms with van der Waals surface area (Å²) >= 11 is 0. The Morgan fingerprint density at radius 3 is 2.41 bits per heavy atom. The van der Waals surface area contributed by atoms with Gasteiger partial charge < -0.3 is 5.11 Å². The molecule has 0 aliphatic heterocycles. The zero-order valence-corrected chi connectivity index (χ0v) is 13.2. The van der Waals surface area contributed by atoms with Gasteiger partial charge in [0.05, 0.1) is 10.6 Å². The average molecular weight is 315 g/mol. The van der Waals surface area contributed by atoms with Crippen LogP contribution in [-0.2, 0) is 16.4 Å². The monoisotopic (exact) mass is 315 g/mol. The summed E-state index contributed by atoms with van der Waals surface area (Å²) in [5, 5.41) is 9.28. The number of anilines is 1. The maximum absolute atomic E-state index is 12.5. The van der Waals surface area contributed by atoms with Gasteiger partial charge in [0.2, 0.25) is 0 Å². The Morgan fingerprint density at radius 2 is 1.73 bits per heavy atom. The Bertz CT molecular complexity index is 866. The van der Waals surface area contributed by atoms with E-state index in [1.807, 2.05) is 19.9 Å². The van der Waals surface area contributed by atoms with E-state index in [9.17, 15) is 13.5 Å². The molecule has 0 atom stereocenters. The third-order valence-electron chi connectivity index (χ3n) is 3.92. The first kappa shape index (κ1) is 14.7. The van der Waals surface area contributed by atoms with Crippen LogP contribution in [0.2, 0.25) is 0 Å². The van der Waals surface area contributed by atoms with Crippen molar-refractivity contribution in [2.75, 3.05) is 4.72 Å². The van der Waals surface area contributed by atoms with Gasteiger partial charge >= 0.3 is 0 Å². The van der Waals surface area contributed by atoms with Crippen LogP contribution in [0.25, 0.3) is 5.57 Å². The first-order chi connectivity index (χ1) is 10.4. The van der Waals surface area contributed by atoms with Crippen molar-refractivity contribution >= 4 is 21.3 Å². The maximum Gasteiger partial charge on any atom is 0.261 e. The quantitative estimate of drug-likeness (QED) is 0.911. The van der Waals surface area contributed by atoms with Crippen molar-refractivity contribution in [2.24, 2.45) is 0 Å². The zero-order valence-electron chi connectivity index (χ0n) is 12.4. The largest absolute Gasteiger partial charge is 0.508 e. The molecule has 0 fully saturated rings. The van der Waals surface area contributed by atoms with Crippen LogP contribution in [0.3, 0.4) is 0 Å². The normalized spacial score (nSPS) is 13.6. The molecule has 0 aromatic heterocycles. The maximum atomic E-state index is 12.5. The number of rotatable bonds is 3. The number of sulfonamides is 1. The molecular weight excluding hydrogens is 298 g/mol. The number of hydrogen-bond acceptors (Lipinski definition) is 3. The summed E-state index contributed by atoms with van der Waals surface area (Å²) in [5.74, 6) is 0.0370. The summed E-state index contributed by atoms with van der Waals surface area (Å²) in [7, 11) is -3.67. The average Bonchev–Trinajstić information content (AvgIpc) is 2.86. The lowest BCUT2D eigenvalue weighted by molar-refractivity contribution is 0.475. The van der Waals surface area contributed by atoms with E-state index < -0.39 is 10.0 Å². The van der Waals surface area contributed by atoms with E-state index in [0.717, 1.165) is 23.1 Å². The number of phenols is 1. The molecule has 5 heteroatoms. The van der Waals surface area contributed by atoms with Crippen molar-refractivity contribution in [3.63, 3.8) is 0 Å². The number of phenolic OH excluding ortho intramolecular Hbond substituents is 1. The van der Waals surface area contributed by atoms with E-state index in [1.165, 1.54) is 29.8 Å². The summed E-state index contributed by atoms with van der Waals surface area (Å²) in [6.07, 6.45) is 2.84. The molecule has 0 bridgehead atoms. The fourth-order valence-corrected chi connectivity index (χ4v) is 3.90. The van der Waals surface area contributed by atoms with Gasteiger partial charge in [-0.05, 0) is 72.9 Å². The van der Waals surface area contributed by atoms with Gasteiger partial charge in [-0.1, -0.05) is 12.1 Å². The number of aromatic hydroxyl groups is 1. The van der Waals surface area contributed by atoms with Gasteiger partial charge in [-0.15, -0.1) is 0 Å². The molecule has 22 heavy (non-hydrogen) atoms. The Balaban J connectivity index is 1.99. The van der Waals surface area contributed by atoms with E-state index in [4.69, 9.17) is 0 Å². The standard InChI is InChI=1S/C17H17NO3S/c1-11-3-9-15-16(10-4-12(2)17(11)15)18-22(20,21)14-7-5-13(19)6-8-14/h3-8,10,18-19H,9H2,1-2H3. The van der Waals surface area contributed by atoms with Gasteiger partial charge in [0.1, 0.15) is 5.75 Å². The minimum absolute atomic E-state index is 0.0370. The van der Waals surface area contributed by atoms with Crippen LogP contribution in [0, 0.1) is 6.92 Å².